The van der Waals surface area contributed by atoms with Crippen molar-refractivity contribution < 1.29 is 23.9 Å². The fourth-order valence-corrected chi connectivity index (χ4v) is 3.14. The normalized spacial score (nSPS) is 21.0. The van der Waals surface area contributed by atoms with Gasteiger partial charge in [-0.1, -0.05) is 19.4 Å². The summed E-state index contributed by atoms with van der Waals surface area (Å²) in [6.07, 6.45) is 2.12. The monoisotopic (exact) mass is 292 g/mol. The average Bonchev–Trinajstić information content (AvgIpc) is 2.48. The minimum Gasteiger partial charge on any atom is -0.466 e. The summed E-state index contributed by atoms with van der Waals surface area (Å²) >= 11 is 0. The third kappa shape index (κ3) is 2.52. The molecular weight excluding hydrogens is 272 g/mol. The van der Waals surface area contributed by atoms with Crippen LogP contribution in [-0.2, 0) is 23.9 Å². The van der Waals surface area contributed by atoms with E-state index in [0.717, 1.165) is 12.0 Å². The number of ether oxygens (including phenoxy) is 2. The highest BCUT2D eigenvalue weighted by Crippen LogP contribution is 2.47. The fourth-order valence-electron chi connectivity index (χ4n) is 3.14. The first-order valence-corrected chi connectivity index (χ1v) is 7.00. The van der Waals surface area contributed by atoms with Crippen LogP contribution in [0.1, 0.15) is 39.5 Å². The van der Waals surface area contributed by atoms with Gasteiger partial charge in [0, 0.05) is 12.0 Å². The maximum absolute atomic E-state index is 12.4. The summed E-state index contributed by atoms with van der Waals surface area (Å²) in [4.78, 5) is 36.4. The van der Waals surface area contributed by atoms with Gasteiger partial charge in [-0.15, -0.1) is 0 Å². The first-order chi connectivity index (χ1) is 9.83. The van der Waals surface area contributed by atoms with Crippen molar-refractivity contribution in [3.8, 4) is 0 Å². The fraction of sp³-hybridized carbons (Fsp3) is 0.562. The molecule has 0 bridgehead atoms. The van der Waals surface area contributed by atoms with Crippen LogP contribution in [0.4, 0.5) is 0 Å². The van der Waals surface area contributed by atoms with E-state index in [2.05, 4.69) is 13.8 Å². The molecule has 0 aromatic heterocycles. The summed E-state index contributed by atoms with van der Waals surface area (Å²) in [7, 11) is 2.51. The van der Waals surface area contributed by atoms with Crippen LogP contribution in [0.2, 0.25) is 0 Å². The second-order valence-corrected chi connectivity index (χ2v) is 6.00. The number of allylic oxidation sites excluding steroid dienone is 1. The van der Waals surface area contributed by atoms with Crippen molar-refractivity contribution in [2.24, 2.45) is 5.41 Å². The minimum absolute atomic E-state index is 0.0918. The van der Waals surface area contributed by atoms with E-state index in [9.17, 15) is 14.4 Å². The van der Waals surface area contributed by atoms with E-state index in [-0.39, 0.29) is 22.3 Å². The Morgan fingerprint density at radius 3 is 2.19 bits per heavy atom. The van der Waals surface area contributed by atoms with E-state index >= 15 is 0 Å². The average molecular weight is 292 g/mol. The number of carbonyl (C=O) groups excluding carboxylic acids is 3. The second kappa shape index (κ2) is 5.47. The van der Waals surface area contributed by atoms with Gasteiger partial charge in [0.2, 0.25) is 0 Å². The summed E-state index contributed by atoms with van der Waals surface area (Å²) < 4.78 is 9.53. The first kappa shape index (κ1) is 15.5. The third-order valence-electron chi connectivity index (χ3n) is 4.37. The summed E-state index contributed by atoms with van der Waals surface area (Å²) in [6, 6.07) is 0. The number of rotatable bonds is 2. The van der Waals surface area contributed by atoms with Crippen molar-refractivity contribution in [1.29, 1.82) is 0 Å². The van der Waals surface area contributed by atoms with Gasteiger partial charge in [-0.2, -0.15) is 0 Å². The van der Waals surface area contributed by atoms with Gasteiger partial charge >= 0.3 is 11.9 Å². The molecule has 0 heterocycles. The molecule has 0 spiro atoms. The summed E-state index contributed by atoms with van der Waals surface area (Å²) in [6.45, 7) is 4.12. The second-order valence-electron chi connectivity index (χ2n) is 6.00. The predicted molar refractivity (Wildman–Crippen MR) is 75.3 cm³/mol. The maximum atomic E-state index is 12.4. The Hall–Kier alpha value is -1.91. The summed E-state index contributed by atoms with van der Waals surface area (Å²) in [5, 5.41) is 0. The molecule has 0 saturated carbocycles. The van der Waals surface area contributed by atoms with Crippen LogP contribution in [0.15, 0.2) is 22.3 Å². The summed E-state index contributed by atoms with van der Waals surface area (Å²) in [5.74, 6) is -1.31. The molecule has 2 aliphatic carbocycles. The molecule has 0 radical (unpaired) electrons. The number of methoxy groups -OCH3 is 2. The van der Waals surface area contributed by atoms with Gasteiger partial charge in [0.1, 0.15) is 0 Å². The lowest BCUT2D eigenvalue weighted by Crippen LogP contribution is -2.33. The smallest absolute Gasteiger partial charge is 0.339 e. The van der Waals surface area contributed by atoms with E-state index < -0.39 is 11.9 Å². The van der Waals surface area contributed by atoms with Crippen molar-refractivity contribution in [2.45, 2.75) is 39.5 Å². The zero-order valence-electron chi connectivity index (χ0n) is 12.9. The van der Waals surface area contributed by atoms with Crippen LogP contribution in [-0.4, -0.2) is 31.9 Å². The molecule has 0 fully saturated rings. The number of carbonyl (C=O) groups is 3. The number of esters is 2. The molecule has 5 heteroatoms. The highest BCUT2D eigenvalue weighted by molar-refractivity contribution is 6.15. The van der Waals surface area contributed by atoms with Crippen LogP contribution in [0.25, 0.3) is 0 Å². The Morgan fingerprint density at radius 2 is 1.62 bits per heavy atom. The van der Waals surface area contributed by atoms with E-state index in [1.165, 1.54) is 14.2 Å². The molecule has 0 aliphatic heterocycles. The largest absolute Gasteiger partial charge is 0.466 e. The SMILES string of the molecule is COC(=O)C1=C(C(=O)OC)C2=C(CC1)C(C)(C)CCC2=O. The Morgan fingerprint density at radius 1 is 1.00 bits per heavy atom. The van der Waals surface area contributed by atoms with E-state index in [1.54, 1.807) is 0 Å². The van der Waals surface area contributed by atoms with Crippen LogP contribution in [0, 0.1) is 5.41 Å². The maximum Gasteiger partial charge on any atom is 0.339 e. The van der Waals surface area contributed by atoms with E-state index in [1.807, 2.05) is 0 Å². The van der Waals surface area contributed by atoms with Crippen LogP contribution in [0.5, 0.6) is 0 Å². The molecule has 0 atom stereocenters. The predicted octanol–water partition coefficient (Wildman–Crippen LogP) is 2.11. The van der Waals surface area contributed by atoms with E-state index in [0.29, 0.717) is 24.8 Å². The lowest BCUT2D eigenvalue weighted by Gasteiger charge is -2.37. The molecule has 0 aromatic carbocycles. The quantitative estimate of drug-likeness (QED) is 0.729. The van der Waals surface area contributed by atoms with Gasteiger partial charge in [-0.05, 0) is 24.7 Å². The topological polar surface area (TPSA) is 69.7 Å². The zero-order chi connectivity index (χ0) is 15.8. The Labute approximate surface area is 124 Å². The zero-order valence-corrected chi connectivity index (χ0v) is 12.9. The highest BCUT2D eigenvalue weighted by Gasteiger charge is 2.42. The third-order valence-corrected chi connectivity index (χ3v) is 4.37. The Balaban J connectivity index is 2.70. The Bertz CT molecular complexity index is 577. The number of Topliss-reactive ketones (excluding diaryl/α,β-unsaturated/α-hetero) is 1. The first-order valence-electron chi connectivity index (χ1n) is 7.00. The summed E-state index contributed by atoms with van der Waals surface area (Å²) in [5.41, 5.74) is 1.53. The van der Waals surface area contributed by atoms with Crippen molar-refractivity contribution in [3.63, 3.8) is 0 Å². The molecule has 2 aliphatic rings. The number of hydrogen-bond donors (Lipinski definition) is 0. The molecule has 0 saturated heterocycles. The highest BCUT2D eigenvalue weighted by atomic mass is 16.5. The molecule has 21 heavy (non-hydrogen) atoms. The van der Waals surface area contributed by atoms with Crippen molar-refractivity contribution in [1.82, 2.24) is 0 Å². The van der Waals surface area contributed by atoms with Crippen LogP contribution in [0.3, 0.4) is 0 Å². The van der Waals surface area contributed by atoms with Gasteiger partial charge in [-0.3, -0.25) is 4.79 Å². The van der Waals surface area contributed by atoms with Crippen LogP contribution < -0.4 is 0 Å². The van der Waals surface area contributed by atoms with E-state index in [4.69, 9.17) is 9.47 Å². The molecule has 0 unspecified atom stereocenters. The lowest BCUT2D eigenvalue weighted by atomic mass is 9.66. The lowest BCUT2D eigenvalue weighted by molar-refractivity contribution is -0.139. The van der Waals surface area contributed by atoms with Gasteiger partial charge in [0.05, 0.1) is 25.4 Å². The van der Waals surface area contributed by atoms with Gasteiger partial charge in [-0.25, -0.2) is 9.59 Å². The van der Waals surface area contributed by atoms with Gasteiger partial charge in [0.25, 0.3) is 0 Å². The standard InChI is InChI=1S/C16H20O5/c1-16(2)8-7-11(17)13-10(16)6-5-9(14(18)20-3)12(13)15(19)21-4/h5-8H2,1-4H3. The molecule has 0 N–H and O–H groups in total. The van der Waals surface area contributed by atoms with Crippen molar-refractivity contribution >= 4 is 17.7 Å². The molecule has 2 rings (SSSR count). The van der Waals surface area contributed by atoms with Crippen molar-refractivity contribution in [3.05, 3.63) is 22.3 Å². The number of hydrogen-bond acceptors (Lipinski definition) is 5. The van der Waals surface area contributed by atoms with Crippen LogP contribution >= 0.6 is 0 Å². The van der Waals surface area contributed by atoms with Crippen molar-refractivity contribution in [2.75, 3.05) is 14.2 Å². The number of ketones is 1. The molecule has 0 aromatic rings. The molecular formula is C16H20O5. The van der Waals surface area contributed by atoms with Gasteiger partial charge in [0.15, 0.2) is 5.78 Å². The molecule has 5 nitrogen and oxygen atoms in total. The van der Waals surface area contributed by atoms with Gasteiger partial charge < -0.3 is 9.47 Å². The Kier molecular flexibility index (Phi) is 4.03. The molecule has 0 amide bonds. The molecule has 114 valence electrons. The minimum atomic E-state index is -0.645.